The lowest BCUT2D eigenvalue weighted by molar-refractivity contribution is 0.0445. The van der Waals surface area contributed by atoms with Crippen molar-refractivity contribution >= 4 is 6.03 Å². The van der Waals surface area contributed by atoms with E-state index in [0.717, 1.165) is 43.8 Å². The Balaban J connectivity index is 1.29. The van der Waals surface area contributed by atoms with Crippen molar-refractivity contribution < 1.29 is 18.8 Å². The summed E-state index contributed by atoms with van der Waals surface area (Å²) in [6, 6.07) is 7.64. The number of ether oxygens (including phenoxy) is 2. The number of amides is 2. The first-order valence-corrected chi connectivity index (χ1v) is 9.94. The van der Waals surface area contributed by atoms with Crippen LogP contribution in [0.1, 0.15) is 38.0 Å². The standard InChI is InChI=1S/C20H26N4O4/c1-2-9-21-20(25)24-12-17(13-24)27-16-5-3-14(4-6-16)18-22-19(28-23-18)15-7-10-26-11-8-15/h3-6,15,17H,2,7-13H2,1H3,(H,21,25). The molecule has 0 bridgehead atoms. The first-order chi connectivity index (χ1) is 13.7. The smallest absolute Gasteiger partial charge is 0.317 e. The third kappa shape index (κ3) is 4.27. The number of aromatic nitrogens is 2. The van der Waals surface area contributed by atoms with E-state index in [1.165, 1.54) is 0 Å². The molecule has 0 spiro atoms. The predicted octanol–water partition coefficient (Wildman–Crippen LogP) is 2.81. The van der Waals surface area contributed by atoms with E-state index in [0.29, 0.717) is 31.3 Å². The van der Waals surface area contributed by atoms with Crippen molar-refractivity contribution in [2.24, 2.45) is 0 Å². The molecule has 0 saturated carbocycles. The van der Waals surface area contributed by atoms with Gasteiger partial charge in [-0.1, -0.05) is 12.1 Å². The second kappa shape index (κ2) is 8.60. The fraction of sp³-hybridized carbons (Fsp3) is 0.550. The number of carbonyl (C=O) groups is 1. The minimum absolute atomic E-state index is 0.0190. The molecule has 2 aromatic rings. The Morgan fingerprint density at radius 1 is 1.25 bits per heavy atom. The van der Waals surface area contributed by atoms with Crippen molar-refractivity contribution in [3.05, 3.63) is 30.2 Å². The molecule has 2 aliphatic heterocycles. The lowest BCUT2D eigenvalue weighted by Crippen LogP contribution is -2.58. The van der Waals surface area contributed by atoms with Crippen LogP contribution in [0.5, 0.6) is 5.75 Å². The maximum Gasteiger partial charge on any atom is 0.317 e. The van der Waals surface area contributed by atoms with Crippen LogP contribution >= 0.6 is 0 Å². The van der Waals surface area contributed by atoms with Crippen molar-refractivity contribution in [3.63, 3.8) is 0 Å². The minimum Gasteiger partial charge on any atom is -0.487 e. The largest absolute Gasteiger partial charge is 0.487 e. The van der Waals surface area contributed by atoms with Crippen LogP contribution in [-0.4, -0.2) is 60.0 Å². The summed E-state index contributed by atoms with van der Waals surface area (Å²) in [6.07, 6.45) is 2.80. The van der Waals surface area contributed by atoms with E-state index in [2.05, 4.69) is 15.5 Å². The molecule has 2 fully saturated rings. The Morgan fingerprint density at radius 2 is 2.00 bits per heavy atom. The first-order valence-electron chi connectivity index (χ1n) is 9.94. The summed E-state index contributed by atoms with van der Waals surface area (Å²) in [5.41, 5.74) is 0.892. The maximum atomic E-state index is 11.8. The molecule has 2 aliphatic rings. The zero-order valence-electron chi connectivity index (χ0n) is 16.1. The highest BCUT2D eigenvalue weighted by Crippen LogP contribution is 2.28. The molecule has 0 atom stereocenters. The SMILES string of the molecule is CCCNC(=O)N1CC(Oc2ccc(-c3noc(C4CCOCC4)n3)cc2)C1. The molecule has 0 unspecified atom stereocenters. The summed E-state index contributed by atoms with van der Waals surface area (Å²) in [6.45, 7) is 5.44. The molecule has 8 heteroatoms. The summed E-state index contributed by atoms with van der Waals surface area (Å²) >= 11 is 0. The molecule has 4 rings (SSSR count). The Kier molecular flexibility index (Phi) is 5.76. The third-order valence-corrected chi connectivity index (χ3v) is 5.09. The number of carbonyl (C=O) groups excluding carboxylic acids is 1. The zero-order valence-corrected chi connectivity index (χ0v) is 16.1. The summed E-state index contributed by atoms with van der Waals surface area (Å²) in [5.74, 6) is 2.34. The third-order valence-electron chi connectivity index (χ3n) is 5.09. The molecule has 0 aliphatic carbocycles. The van der Waals surface area contributed by atoms with Gasteiger partial charge in [0, 0.05) is 31.2 Å². The molecule has 8 nitrogen and oxygen atoms in total. The van der Waals surface area contributed by atoms with Gasteiger partial charge in [-0.2, -0.15) is 4.98 Å². The maximum absolute atomic E-state index is 11.8. The molecule has 1 N–H and O–H groups in total. The van der Waals surface area contributed by atoms with E-state index in [1.807, 2.05) is 31.2 Å². The van der Waals surface area contributed by atoms with Crippen LogP contribution in [0.2, 0.25) is 0 Å². The van der Waals surface area contributed by atoms with Gasteiger partial charge in [-0.05, 0) is 43.5 Å². The molecular formula is C20H26N4O4. The molecule has 0 radical (unpaired) electrons. The number of nitrogens with one attached hydrogen (secondary N) is 1. The minimum atomic E-state index is -0.0190. The van der Waals surface area contributed by atoms with E-state index in [9.17, 15) is 4.79 Å². The summed E-state index contributed by atoms with van der Waals surface area (Å²) in [4.78, 5) is 18.1. The Labute approximate surface area is 164 Å². The predicted molar refractivity (Wildman–Crippen MR) is 102 cm³/mol. The van der Waals surface area contributed by atoms with Gasteiger partial charge in [0.15, 0.2) is 0 Å². The van der Waals surface area contributed by atoms with E-state index >= 15 is 0 Å². The van der Waals surface area contributed by atoms with Gasteiger partial charge in [0.2, 0.25) is 11.7 Å². The molecule has 2 amide bonds. The molecule has 28 heavy (non-hydrogen) atoms. The highest BCUT2D eigenvalue weighted by atomic mass is 16.5. The van der Waals surface area contributed by atoms with E-state index in [-0.39, 0.29) is 18.1 Å². The van der Waals surface area contributed by atoms with Gasteiger partial charge in [0.1, 0.15) is 11.9 Å². The number of rotatable bonds is 6. The van der Waals surface area contributed by atoms with Crippen molar-refractivity contribution in [1.82, 2.24) is 20.4 Å². The van der Waals surface area contributed by atoms with Gasteiger partial charge in [0.25, 0.3) is 0 Å². The van der Waals surface area contributed by atoms with E-state index in [1.54, 1.807) is 4.90 Å². The van der Waals surface area contributed by atoms with Crippen LogP contribution in [0.25, 0.3) is 11.4 Å². The average molecular weight is 386 g/mol. The highest BCUT2D eigenvalue weighted by molar-refractivity contribution is 5.75. The van der Waals surface area contributed by atoms with Crippen LogP contribution in [0, 0.1) is 0 Å². The van der Waals surface area contributed by atoms with Crippen LogP contribution in [0.15, 0.2) is 28.8 Å². The number of hydrogen-bond acceptors (Lipinski definition) is 6. The van der Waals surface area contributed by atoms with Crippen LogP contribution in [0.3, 0.4) is 0 Å². The lowest BCUT2D eigenvalue weighted by atomic mass is 10.0. The molecule has 150 valence electrons. The lowest BCUT2D eigenvalue weighted by Gasteiger charge is -2.38. The monoisotopic (exact) mass is 386 g/mol. The highest BCUT2D eigenvalue weighted by Gasteiger charge is 2.32. The second-order valence-corrected chi connectivity index (χ2v) is 7.24. The van der Waals surface area contributed by atoms with Crippen molar-refractivity contribution in [2.45, 2.75) is 38.2 Å². The van der Waals surface area contributed by atoms with Gasteiger partial charge >= 0.3 is 6.03 Å². The molecule has 2 saturated heterocycles. The normalized spacial score (nSPS) is 18.0. The first kappa shape index (κ1) is 18.7. The van der Waals surface area contributed by atoms with Crippen molar-refractivity contribution in [1.29, 1.82) is 0 Å². The van der Waals surface area contributed by atoms with Gasteiger partial charge in [-0.15, -0.1) is 0 Å². The van der Waals surface area contributed by atoms with Crippen molar-refractivity contribution in [3.8, 4) is 17.1 Å². The Morgan fingerprint density at radius 3 is 2.71 bits per heavy atom. The molecule has 1 aromatic carbocycles. The van der Waals surface area contributed by atoms with E-state index < -0.39 is 0 Å². The average Bonchev–Trinajstić information content (AvgIpc) is 3.20. The van der Waals surface area contributed by atoms with Crippen LogP contribution in [-0.2, 0) is 4.74 Å². The molecule has 3 heterocycles. The Bertz CT molecular complexity index is 780. The topological polar surface area (TPSA) is 89.7 Å². The van der Waals surface area contributed by atoms with E-state index in [4.69, 9.17) is 14.0 Å². The number of urea groups is 1. The number of hydrogen-bond donors (Lipinski definition) is 1. The quantitative estimate of drug-likeness (QED) is 0.821. The second-order valence-electron chi connectivity index (χ2n) is 7.24. The summed E-state index contributed by atoms with van der Waals surface area (Å²) in [5, 5.41) is 6.99. The number of likely N-dealkylation sites (tertiary alicyclic amines) is 1. The molecular weight excluding hydrogens is 360 g/mol. The summed E-state index contributed by atoms with van der Waals surface area (Å²) in [7, 11) is 0. The van der Waals surface area contributed by atoms with Gasteiger partial charge in [-0.3, -0.25) is 0 Å². The Hall–Kier alpha value is -2.61. The fourth-order valence-corrected chi connectivity index (χ4v) is 3.36. The van der Waals surface area contributed by atoms with Crippen LogP contribution < -0.4 is 10.1 Å². The number of nitrogens with zero attached hydrogens (tertiary/aromatic N) is 3. The zero-order chi connectivity index (χ0) is 19.3. The van der Waals surface area contributed by atoms with Gasteiger partial charge < -0.3 is 24.2 Å². The fourth-order valence-electron chi connectivity index (χ4n) is 3.36. The van der Waals surface area contributed by atoms with Crippen LogP contribution in [0.4, 0.5) is 4.79 Å². The number of benzene rings is 1. The van der Waals surface area contributed by atoms with Gasteiger partial charge in [0.05, 0.1) is 13.1 Å². The van der Waals surface area contributed by atoms with Gasteiger partial charge in [-0.25, -0.2) is 4.79 Å². The van der Waals surface area contributed by atoms with Crippen molar-refractivity contribution in [2.75, 3.05) is 32.8 Å². The summed E-state index contributed by atoms with van der Waals surface area (Å²) < 4.78 is 16.8. The molecule has 1 aromatic heterocycles.